The normalized spacial score (nSPS) is 22.0. The average Bonchev–Trinajstić information content (AvgIpc) is 2.52. The van der Waals surface area contributed by atoms with E-state index >= 15 is 0 Å². The van der Waals surface area contributed by atoms with Crippen LogP contribution in [0.4, 0.5) is 4.39 Å². The summed E-state index contributed by atoms with van der Waals surface area (Å²) in [6, 6.07) is 5.21. The molecule has 1 aromatic carbocycles. The van der Waals surface area contributed by atoms with Crippen LogP contribution in [0, 0.1) is 11.7 Å². The van der Waals surface area contributed by atoms with Gasteiger partial charge in [-0.25, -0.2) is 9.18 Å². The monoisotopic (exact) mass is 293 g/mol. The maximum absolute atomic E-state index is 13.8. The molecular weight excluding hydrogens is 269 g/mol. The van der Waals surface area contributed by atoms with Crippen LogP contribution in [0.5, 0.6) is 0 Å². The second-order valence-corrected chi connectivity index (χ2v) is 5.81. The molecule has 21 heavy (non-hydrogen) atoms. The Bertz CT molecular complexity index is 482. The Kier molecular flexibility index (Phi) is 5.74. The van der Waals surface area contributed by atoms with Gasteiger partial charge in [-0.2, -0.15) is 0 Å². The Morgan fingerprint density at radius 2 is 2.05 bits per heavy atom. The maximum Gasteiger partial charge on any atom is 0.340 e. The molecule has 0 amide bonds. The number of methoxy groups -OCH3 is 1. The van der Waals surface area contributed by atoms with E-state index < -0.39 is 11.8 Å². The minimum absolute atomic E-state index is 0.00953. The summed E-state index contributed by atoms with van der Waals surface area (Å²) in [5.74, 6) is -0.277. The smallest absolute Gasteiger partial charge is 0.340 e. The minimum atomic E-state index is -0.634. The second-order valence-electron chi connectivity index (χ2n) is 5.81. The van der Waals surface area contributed by atoms with Crippen molar-refractivity contribution < 1.29 is 13.9 Å². The van der Waals surface area contributed by atoms with Crippen LogP contribution in [-0.4, -0.2) is 19.1 Å². The van der Waals surface area contributed by atoms with Gasteiger partial charge in [-0.05, 0) is 49.3 Å². The van der Waals surface area contributed by atoms with E-state index in [9.17, 15) is 9.18 Å². The summed E-state index contributed by atoms with van der Waals surface area (Å²) in [6.07, 6.45) is 6.23. The van der Waals surface area contributed by atoms with E-state index in [0.717, 1.165) is 11.5 Å². The molecule has 0 spiro atoms. The number of benzene rings is 1. The van der Waals surface area contributed by atoms with Gasteiger partial charge in [0.15, 0.2) is 0 Å². The molecule has 0 saturated heterocycles. The van der Waals surface area contributed by atoms with Crippen LogP contribution >= 0.6 is 0 Å². The molecule has 116 valence electrons. The summed E-state index contributed by atoms with van der Waals surface area (Å²) < 4.78 is 18.4. The molecular formula is C17H24FNO2. The van der Waals surface area contributed by atoms with Crippen LogP contribution in [0.25, 0.3) is 0 Å². The number of carbonyl (C=O) groups excluding carboxylic acids is 1. The third-order valence-corrected chi connectivity index (χ3v) is 4.46. The van der Waals surface area contributed by atoms with Crippen molar-refractivity contribution in [3.8, 4) is 0 Å². The van der Waals surface area contributed by atoms with Crippen molar-refractivity contribution in [2.24, 2.45) is 5.92 Å². The van der Waals surface area contributed by atoms with E-state index in [0.29, 0.717) is 12.6 Å². The number of ether oxygens (including phenoxy) is 1. The van der Waals surface area contributed by atoms with Gasteiger partial charge in [-0.1, -0.05) is 19.4 Å². The van der Waals surface area contributed by atoms with Gasteiger partial charge < -0.3 is 10.1 Å². The highest BCUT2D eigenvalue weighted by Gasteiger charge is 2.19. The van der Waals surface area contributed by atoms with Crippen molar-refractivity contribution in [2.75, 3.05) is 7.11 Å². The molecule has 4 heteroatoms. The van der Waals surface area contributed by atoms with Gasteiger partial charge in [0.25, 0.3) is 0 Å². The number of nitrogens with one attached hydrogen (secondary N) is 1. The Balaban J connectivity index is 1.86. The molecule has 0 atom stereocenters. The van der Waals surface area contributed by atoms with Crippen LogP contribution in [-0.2, 0) is 11.3 Å². The fourth-order valence-electron chi connectivity index (χ4n) is 2.98. The molecule has 0 aliphatic heterocycles. The van der Waals surface area contributed by atoms with Crippen LogP contribution in [0.2, 0.25) is 0 Å². The van der Waals surface area contributed by atoms with Gasteiger partial charge in [-0.15, -0.1) is 0 Å². The SMILES string of the molecule is CCC1CCC(NCc2ccc(C(=O)OC)c(F)c2)CC1. The Morgan fingerprint density at radius 1 is 1.33 bits per heavy atom. The van der Waals surface area contributed by atoms with Gasteiger partial charge >= 0.3 is 5.97 Å². The zero-order chi connectivity index (χ0) is 15.2. The molecule has 0 unspecified atom stereocenters. The Labute approximate surface area is 125 Å². The van der Waals surface area contributed by atoms with Crippen molar-refractivity contribution in [1.82, 2.24) is 5.32 Å². The molecule has 0 aromatic heterocycles. The molecule has 1 saturated carbocycles. The number of rotatable bonds is 5. The maximum atomic E-state index is 13.8. The third kappa shape index (κ3) is 4.27. The highest BCUT2D eigenvalue weighted by atomic mass is 19.1. The van der Waals surface area contributed by atoms with E-state index in [2.05, 4.69) is 17.0 Å². The molecule has 1 aliphatic carbocycles. The van der Waals surface area contributed by atoms with Gasteiger partial charge in [-0.3, -0.25) is 0 Å². The summed E-state index contributed by atoms with van der Waals surface area (Å²) in [4.78, 5) is 11.3. The lowest BCUT2D eigenvalue weighted by molar-refractivity contribution is 0.0595. The zero-order valence-electron chi connectivity index (χ0n) is 12.8. The highest BCUT2D eigenvalue weighted by molar-refractivity contribution is 5.89. The molecule has 0 radical (unpaired) electrons. The fraction of sp³-hybridized carbons (Fsp3) is 0.588. The predicted molar refractivity (Wildman–Crippen MR) is 80.6 cm³/mol. The highest BCUT2D eigenvalue weighted by Crippen LogP contribution is 2.26. The summed E-state index contributed by atoms with van der Waals surface area (Å²) >= 11 is 0. The quantitative estimate of drug-likeness (QED) is 0.842. The molecule has 1 aromatic rings. The van der Waals surface area contributed by atoms with Crippen LogP contribution in [0.15, 0.2) is 18.2 Å². The number of esters is 1. The molecule has 2 rings (SSSR count). The molecule has 1 N–H and O–H groups in total. The lowest BCUT2D eigenvalue weighted by Crippen LogP contribution is -2.32. The predicted octanol–water partition coefficient (Wildman–Crippen LogP) is 3.67. The van der Waals surface area contributed by atoms with Crippen LogP contribution in [0.1, 0.15) is 54.9 Å². The first-order valence-corrected chi connectivity index (χ1v) is 7.74. The Morgan fingerprint density at radius 3 is 2.62 bits per heavy atom. The van der Waals surface area contributed by atoms with Crippen LogP contribution < -0.4 is 5.32 Å². The molecule has 0 bridgehead atoms. The van der Waals surface area contributed by atoms with E-state index in [1.807, 2.05) is 0 Å². The van der Waals surface area contributed by atoms with Gasteiger partial charge in [0.05, 0.1) is 12.7 Å². The van der Waals surface area contributed by atoms with Gasteiger partial charge in [0.2, 0.25) is 0 Å². The van der Waals surface area contributed by atoms with E-state index in [1.54, 1.807) is 6.07 Å². The summed E-state index contributed by atoms with van der Waals surface area (Å²) in [6.45, 7) is 2.89. The van der Waals surface area contributed by atoms with E-state index in [4.69, 9.17) is 0 Å². The number of halogens is 1. The first-order valence-electron chi connectivity index (χ1n) is 7.74. The molecule has 1 aliphatic rings. The first-order chi connectivity index (χ1) is 10.1. The second kappa shape index (κ2) is 7.55. The van der Waals surface area contributed by atoms with Crippen molar-refractivity contribution in [1.29, 1.82) is 0 Å². The topological polar surface area (TPSA) is 38.3 Å². The van der Waals surface area contributed by atoms with E-state index in [-0.39, 0.29) is 5.56 Å². The first kappa shape index (κ1) is 16.0. The minimum Gasteiger partial charge on any atom is -0.465 e. The van der Waals surface area contributed by atoms with Crippen molar-refractivity contribution in [3.05, 3.63) is 35.1 Å². The lowest BCUT2D eigenvalue weighted by atomic mass is 9.84. The van der Waals surface area contributed by atoms with Gasteiger partial charge in [0.1, 0.15) is 5.82 Å². The molecule has 1 fully saturated rings. The van der Waals surface area contributed by atoms with Crippen LogP contribution in [0.3, 0.4) is 0 Å². The Hall–Kier alpha value is -1.42. The van der Waals surface area contributed by atoms with Crippen molar-refractivity contribution in [2.45, 2.75) is 51.6 Å². The summed E-state index contributed by atoms with van der Waals surface area (Å²) in [5, 5.41) is 3.49. The molecule has 0 heterocycles. The largest absolute Gasteiger partial charge is 0.465 e. The summed E-state index contributed by atoms with van der Waals surface area (Å²) in [7, 11) is 1.25. The number of carbonyl (C=O) groups is 1. The van der Waals surface area contributed by atoms with Crippen molar-refractivity contribution >= 4 is 5.97 Å². The third-order valence-electron chi connectivity index (χ3n) is 4.46. The zero-order valence-corrected chi connectivity index (χ0v) is 12.8. The van der Waals surface area contributed by atoms with E-state index in [1.165, 1.54) is 51.3 Å². The lowest BCUT2D eigenvalue weighted by Gasteiger charge is -2.28. The fourth-order valence-corrected chi connectivity index (χ4v) is 2.98. The van der Waals surface area contributed by atoms with Crippen molar-refractivity contribution in [3.63, 3.8) is 0 Å². The summed E-state index contributed by atoms with van der Waals surface area (Å²) in [5.41, 5.74) is 0.850. The van der Waals surface area contributed by atoms with Gasteiger partial charge in [0, 0.05) is 12.6 Å². The number of hydrogen-bond donors (Lipinski definition) is 1. The number of hydrogen-bond acceptors (Lipinski definition) is 3. The standard InChI is InChI=1S/C17H24FNO2/c1-3-12-4-7-14(8-5-12)19-11-13-6-9-15(16(18)10-13)17(20)21-2/h6,9-10,12,14,19H,3-5,7-8,11H2,1-2H3. The average molecular weight is 293 g/mol. The molecule has 3 nitrogen and oxygen atoms in total.